The molecule has 0 saturated carbocycles. The summed E-state index contributed by atoms with van der Waals surface area (Å²) >= 11 is 0. The first-order valence-corrected chi connectivity index (χ1v) is 6.41. The van der Waals surface area contributed by atoms with E-state index in [0.29, 0.717) is 12.5 Å². The first-order chi connectivity index (χ1) is 7.83. The molecule has 2 aliphatic heterocycles. The lowest BCUT2D eigenvalue weighted by molar-refractivity contribution is -0.142. The van der Waals surface area contributed by atoms with Crippen molar-refractivity contribution in [1.29, 1.82) is 0 Å². The average Bonchev–Trinajstić information content (AvgIpc) is 2.39. The number of hydrogen-bond acceptors (Lipinski definition) is 3. The molecule has 2 fully saturated rings. The van der Waals surface area contributed by atoms with Gasteiger partial charge in [0.2, 0.25) is 5.91 Å². The molecule has 0 aromatic heterocycles. The van der Waals surface area contributed by atoms with E-state index in [4.69, 9.17) is 10.5 Å². The molecule has 1 atom stereocenters. The molecule has 1 unspecified atom stereocenters. The van der Waals surface area contributed by atoms with Crippen LogP contribution in [-0.2, 0) is 9.53 Å². The molecule has 0 aliphatic carbocycles. The number of amides is 1. The van der Waals surface area contributed by atoms with E-state index in [9.17, 15) is 4.79 Å². The molecular weight excluding hydrogens is 240 g/mol. The van der Waals surface area contributed by atoms with Crippen LogP contribution in [0.4, 0.5) is 0 Å². The molecule has 0 aromatic carbocycles. The number of piperidine rings is 1. The van der Waals surface area contributed by atoms with Gasteiger partial charge in [-0.05, 0) is 32.1 Å². The van der Waals surface area contributed by atoms with Gasteiger partial charge in [-0.2, -0.15) is 0 Å². The van der Waals surface area contributed by atoms with Gasteiger partial charge in [0.1, 0.15) is 0 Å². The Morgan fingerprint density at radius 2 is 1.94 bits per heavy atom. The van der Waals surface area contributed by atoms with Crippen LogP contribution in [0.1, 0.15) is 32.1 Å². The third-order valence-electron chi connectivity index (χ3n) is 3.75. The number of nitrogens with zero attached hydrogens (tertiary/aromatic N) is 1. The van der Waals surface area contributed by atoms with Crippen LogP contribution < -0.4 is 5.73 Å². The summed E-state index contributed by atoms with van der Waals surface area (Å²) in [6, 6.07) is 0.282. The van der Waals surface area contributed by atoms with Crippen molar-refractivity contribution in [3.63, 3.8) is 0 Å². The highest BCUT2D eigenvalue weighted by atomic mass is 35.5. The summed E-state index contributed by atoms with van der Waals surface area (Å²) in [5.74, 6) is 0.499. The molecule has 2 saturated heterocycles. The summed E-state index contributed by atoms with van der Waals surface area (Å²) < 4.78 is 5.29. The molecule has 0 spiro atoms. The molecule has 5 heteroatoms. The molecule has 0 aromatic rings. The third-order valence-corrected chi connectivity index (χ3v) is 3.75. The van der Waals surface area contributed by atoms with E-state index in [2.05, 4.69) is 0 Å². The smallest absolute Gasteiger partial charge is 0.226 e. The normalized spacial score (nSPS) is 26.4. The van der Waals surface area contributed by atoms with E-state index >= 15 is 0 Å². The quantitative estimate of drug-likeness (QED) is 0.813. The molecule has 100 valence electrons. The number of halogens is 1. The molecule has 1 amide bonds. The van der Waals surface area contributed by atoms with Crippen LogP contribution in [0.5, 0.6) is 0 Å². The van der Waals surface area contributed by atoms with Crippen LogP contribution >= 0.6 is 12.4 Å². The van der Waals surface area contributed by atoms with Crippen LogP contribution in [0.15, 0.2) is 0 Å². The molecule has 0 radical (unpaired) electrons. The fourth-order valence-corrected chi connectivity index (χ4v) is 2.71. The second kappa shape index (κ2) is 7.19. The molecule has 2 rings (SSSR count). The van der Waals surface area contributed by atoms with Gasteiger partial charge in [-0.15, -0.1) is 12.4 Å². The molecule has 2 heterocycles. The van der Waals surface area contributed by atoms with E-state index in [0.717, 1.165) is 45.4 Å². The van der Waals surface area contributed by atoms with E-state index < -0.39 is 0 Å². The van der Waals surface area contributed by atoms with Gasteiger partial charge in [0.05, 0.1) is 0 Å². The monoisotopic (exact) mass is 262 g/mol. The Kier molecular flexibility index (Phi) is 6.23. The van der Waals surface area contributed by atoms with Crippen molar-refractivity contribution in [2.45, 2.75) is 38.1 Å². The predicted molar refractivity (Wildman–Crippen MR) is 69.2 cm³/mol. The number of carbonyl (C=O) groups is 1. The minimum Gasteiger partial charge on any atom is -0.381 e. The summed E-state index contributed by atoms with van der Waals surface area (Å²) in [5.41, 5.74) is 5.74. The number of hydrogen-bond donors (Lipinski definition) is 1. The van der Waals surface area contributed by atoms with Gasteiger partial charge in [-0.3, -0.25) is 4.79 Å². The Balaban J connectivity index is 0.00000144. The van der Waals surface area contributed by atoms with Crippen molar-refractivity contribution in [1.82, 2.24) is 4.90 Å². The van der Waals surface area contributed by atoms with Gasteiger partial charge in [0.15, 0.2) is 0 Å². The summed E-state index contributed by atoms with van der Waals surface area (Å²) in [4.78, 5) is 14.4. The first-order valence-electron chi connectivity index (χ1n) is 6.41. The Morgan fingerprint density at radius 1 is 1.24 bits per heavy atom. The number of likely N-dealkylation sites (tertiary alicyclic amines) is 1. The minimum atomic E-state index is 0. The molecule has 17 heavy (non-hydrogen) atoms. The summed E-state index contributed by atoms with van der Waals surface area (Å²) in [6.45, 7) is 2.97. The maximum Gasteiger partial charge on any atom is 0.226 e. The highest BCUT2D eigenvalue weighted by molar-refractivity contribution is 5.85. The van der Waals surface area contributed by atoms with Crippen LogP contribution in [0, 0.1) is 5.92 Å². The van der Waals surface area contributed by atoms with Crippen LogP contribution in [-0.4, -0.2) is 43.2 Å². The van der Waals surface area contributed by atoms with Crippen molar-refractivity contribution >= 4 is 18.3 Å². The van der Waals surface area contributed by atoms with E-state index in [-0.39, 0.29) is 24.4 Å². The zero-order valence-electron chi connectivity index (χ0n) is 10.3. The maximum atomic E-state index is 12.3. The average molecular weight is 263 g/mol. The second-order valence-corrected chi connectivity index (χ2v) is 4.80. The second-order valence-electron chi connectivity index (χ2n) is 4.80. The van der Waals surface area contributed by atoms with Crippen LogP contribution in [0.3, 0.4) is 0 Å². The zero-order chi connectivity index (χ0) is 11.4. The fraction of sp³-hybridized carbons (Fsp3) is 0.917. The molecule has 0 bridgehead atoms. The van der Waals surface area contributed by atoms with Crippen molar-refractivity contribution in [2.75, 3.05) is 26.3 Å². The van der Waals surface area contributed by atoms with E-state index in [1.807, 2.05) is 4.90 Å². The first kappa shape index (κ1) is 14.7. The largest absolute Gasteiger partial charge is 0.381 e. The number of ether oxygens (including phenoxy) is 1. The number of rotatable bonds is 2. The van der Waals surface area contributed by atoms with Crippen molar-refractivity contribution in [2.24, 2.45) is 11.7 Å². The lowest BCUT2D eigenvalue weighted by Gasteiger charge is -2.38. The Bertz CT molecular complexity index is 245. The topological polar surface area (TPSA) is 55.6 Å². The van der Waals surface area contributed by atoms with Gasteiger partial charge in [0.25, 0.3) is 0 Å². The van der Waals surface area contributed by atoms with Gasteiger partial charge in [-0.1, -0.05) is 0 Å². The predicted octanol–water partition coefficient (Wildman–Crippen LogP) is 1.17. The molecule has 2 N–H and O–H groups in total. The Morgan fingerprint density at radius 3 is 2.59 bits per heavy atom. The number of carbonyl (C=O) groups excluding carboxylic acids is 1. The molecular formula is C12H23ClN2O2. The summed E-state index contributed by atoms with van der Waals surface area (Å²) in [7, 11) is 0. The Labute approximate surface area is 109 Å². The zero-order valence-corrected chi connectivity index (χ0v) is 11.1. The SMILES string of the molecule is Cl.NCC1CCCCN1C(=O)C1CCOCC1. The summed E-state index contributed by atoms with van der Waals surface area (Å²) in [5, 5.41) is 0. The highest BCUT2D eigenvalue weighted by Gasteiger charge is 2.31. The summed E-state index contributed by atoms with van der Waals surface area (Å²) in [6.07, 6.45) is 5.18. The van der Waals surface area contributed by atoms with E-state index in [1.54, 1.807) is 0 Å². The lowest BCUT2D eigenvalue weighted by atomic mass is 9.94. The van der Waals surface area contributed by atoms with Gasteiger partial charge >= 0.3 is 0 Å². The highest BCUT2D eigenvalue weighted by Crippen LogP contribution is 2.23. The van der Waals surface area contributed by atoms with Crippen LogP contribution in [0.2, 0.25) is 0 Å². The molecule has 4 nitrogen and oxygen atoms in total. The standard InChI is InChI=1S/C12H22N2O2.ClH/c13-9-11-3-1-2-6-14(11)12(15)10-4-7-16-8-5-10;/h10-11H,1-9,13H2;1H. The fourth-order valence-electron chi connectivity index (χ4n) is 2.71. The minimum absolute atomic E-state index is 0. The van der Waals surface area contributed by atoms with Crippen molar-refractivity contribution < 1.29 is 9.53 Å². The third kappa shape index (κ3) is 3.57. The lowest BCUT2D eigenvalue weighted by Crippen LogP contribution is -2.50. The van der Waals surface area contributed by atoms with Crippen molar-refractivity contribution in [3.8, 4) is 0 Å². The van der Waals surface area contributed by atoms with E-state index in [1.165, 1.54) is 6.42 Å². The molecule has 2 aliphatic rings. The van der Waals surface area contributed by atoms with Gasteiger partial charge in [0, 0.05) is 38.3 Å². The van der Waals surface area contributed by atoms with Gasteiger partial charge in [-0.25, -0.2) is 0 Å². The maximum absolute atomic E-state index is 12.3. The van der Waals surface area contributed by atoms with Gasteiger partial charge < -0.3 is 15.4 Å². The Hall–Kier alpha value is -0.320. The number of nitrogens with two attached hydrogens (primary N) is 1. The van der Waals surface area contributed by atoms with Crippen molar-refractivity contribution in [3.05, 3.63) is 0 Å². The van der Waals surface area contributed by atoms with Crippen LogP contribution in [0.25, 0.3) is 0 Å².